The van der Waals surface area contributed by atoms with Gasteiger partial charge in [0.05, 0.1) is 16.4 Å². The predicted molar refractivity (Wildman–Crippen MR) is 134 cm³/mol. The normalized spacial score (nSPS) is 18.1. The number of rotatable bonds is 8. The van der Waals surface area contributed by atoms with E-state index < -0.39 is 16.1 Å². The fraction of sp³-hybridized carbons (Fsp3) is 0.259. The molecule has 2 unspecified atom stereocenters. The van der Waals surface area contributed by atoms with Gasteiger partial charge in [-0.3, -0.25) is 4.79 Å². The van der Waals surface area contributed by atoms with Crippen molar-refractivity contribution >= 4 is 15.9 Å². The molecule has 8 heteroatoms. The van der Waals surface area contributed by atoms with Crippen LogP contribution in [0, 0.1) is 17.2 Å². The smallest absolute Gasteiger partial charge is 0.242 e. The molecule has 0 saturated carbocycles. The maximum atomic E-state index is 13.1. The van der Waals surface area contributed by atoms with Crippen molar-refractivity contribution in [1.29, 1.82) is 5.26 Å². The minimum Gasteiger partial charge on any atom is -0.355 e. The fourth-order valence-electron chi connectivity index (χ4n) is 4.45. The molecule has 3 aromatic carbocycles. The molecule has 1 amide bonds. The molecule has 35 heavy (non-hydrogen) atoms. The lowest BCUT2D eigenvalue weighted by molar-refractivity contribution is -0.125. The SMILES string of the molecule is N#Cc1ccccc1S(=O)(=O)NC1CNCC(C(=O)NCC(c2ccccc2)c2ccccc2)C1. The molecule has 0 radical (unpaired) electrons. The van der Waals surface area contributed by atoms with Gasteiger partial charge in [-0.25, -0.2) is 13.1 Å². The van der Waals surface area contributed by atoms with E-state index in [0.717, 1.165) is 11.1 Å². The van der Waals surface area contributed by atoms with Crippen molar-refractivity contribution in [3.63, 3.8) is 0 Å². The number of nitriles is 1. The van der Waals surface area contributed by atoms with Crippen molar-refractivity contribution in [3.05, 3.63) is 102 Å². The Morgan fingerprint density at radius 3 is 2.17 bits per heavy atom. The highest BCUT2D eigenvalue weighted by Crippen LogP contribution is 2.24. The first-order valence-corrected chi connectivity index (χ1v) is 13.1. The number of hydrogen-bond acceptors (Lipinski definition) is 5. The van der Waals surface area contributed by atoms with Crippen LogP contribution in [0.15, 0.2) is 89.8 Å². The number of benzene rings is 3. The zero-order valence-corrected chi connectivity index (χ0v) is 20.0. The van der Waals surface area contributed by atoms with Gasteiger partial charge in [-0.1, -0.05) is 72.8 Å². The van der Waals surface area contributed by atoms with Gasteiger partial charge in [0, 0.05) is 31.6 Å². The van der Waals surface area contributed by atoms with E-state index >= 15 is 0 Å². The molecular formula is C27H28N4O3S. The van der Waals surface area contributed by atoms with Crippen molar-refractivity contribution in [2.24, 2.45) is 5.92 Å². The zero-order chi connectivity index (χ0) is 24.7. The Morgan fingerprint density at radius 1 is 0.943 bits per heavy atom. The van der Waals surface area contributed by atoms with Gasteiger partial charge in [-0.15, -0.1) is 0 Å². The highest BCUT2D eigenvalue weighted by molar-refractivity contribution is 7.89. The average molecular weight is 489 g/mol. The first kappa shape index (κ1) is 24.6. The summed E-state index contributed by atoms with van der Waals surface area (Å²) in [5.74, 6) is -0.486. The van der Waals surface area contributed by atoms with Crippen LogP contribution in [-0.4, -0.2) is 40.0 Å². The standard InChI is InChI=1S/C27H28N4O3S/c28-16-22-13-7-8-14-26(22)35(33,34)31-24-15-23(17-29-18-24)27(32)30-19-25(20-9-3-1-4-10-20)21-11-5-2-6-12-21/h1-14,23-25,29,31H,15,17-19H2,(H,30,32). The predicted octanol–water partition coefficient (Wildman–Crippen LogP) is 2.76. The molecular weight excluding hydrogens is 460 g/mol. The molecule has 3 aromatic rings. The van der Waals surface area contributed by atoms with Crippen LogP contribution in [0.2, 0.25) is 0 Å². The molecule has 1 aliphatic rings. The highest BCUT2D eigenvalue weighted by atomic mass is 32.2. The Morgan fingerprint density at radius 2 is 1.54 bits per heavy atom. The van der Waals surface area contributed by atoms with Crippen molar-refractivity contribution in [2.75, 3.05) is 19.6 Å². The third-order valence-corrected chi connectivity index (χ3v) is 7.80. The topological polar surface area (TPSA) is 111 Å². The van der Waals surface area contributed by atoms with Crippen LogP contribution in [0.3, 0.4) is 0 Å². The van der Waals surface area contributed by atoms with Gasteiger partial charge in [0.2, 0.25) is 15.9 Å². The Bertz CT molecular complexity index is 1250. The first-order valence-electron chi connectivity index (χ1n) is 11.6. The van der Waals surface area contributed by atoms with Crippen molar-refractivity contribution in [1.82, 2.24) is 15.4 Å². The van der Waals surface area contributed by atoms with Gasteiger partial charge in [0.15, 0.2) is 0 Å². The van der Waals surface area contributed by atoms with Crippen molar-refractivity contribution < 1.29 is 13.2 Å². The monoisotopic (exact) mass is 488 g/mol. The number of amides is 1. The van der Waals surface area contributed by atoms with E-state index in [1.54, 1.807) is 12.1 Å². The van der Waals surface area contributed by atoms with Crippen LogP contribution in [0.5, 0.6) is 0 Å². The second-order valence-electron chi connectivity index (χ2n) is 8.64. The van der Waals surface area contributed by atoms with E-state index in [1.165, 1.54) is 12.1 Å². The quantitative estimate of drug-likeness (QED) is 0.452. The zero-order valence-electron chi connectivity index (χ0n) is 19.2. The molecule has 0 spiro atoms. The largest absolute Gasteiger partial charge is 0.355 e. The Hall–Kier alpha value is -3.51. The summed E-state index contributed by atoms with van der Waals surface area (Å²) in [5, 5.41) is 15.5. The maximum Gasteiger partial charge on any atom is 0.242 e. The molecule has 1 aliphatic heterocycles. The van der Waals surface area contributed by atoms with Gasteiger partial charge in [-0.2, -0.15) is 5.26 Å². The summed E-state index contributed by atoms with van der Waals surface area (Å²) in [6.45, 7) is 1.32. The molecule has 1 heterocycles. The van der Waals surface area contributed by atoms with E-state index in [4.69, 9.17) is 0 Å². The molecule has 0 aromatic heterocycles. The van der Waals surface area contributed by atoms with E-state index in [-0.39, 0.29) is 28.2 Å². The first-order chi connectivity index (χ1) is 17.0. The summed E-state index contributed by atoms with van der Waals surface area (Å²) in [4.78, 5) is 13.0. The molecule has 4 rings (SSSR count). The summed E-state index contributed by atoms with van der Waals surface area (Å²) in [6, 6.07) is 27.6. The molecule has 1 fully saturated rings. The number of sulfonamides is 1. The molecule has 0 bridgehead atoms. The Kier molecular flexibility index (Phi) is 7.93. The van der Waals surface area contributed by atoms with Crippen molar-refractivity contribution in [3.8, 4) is 6.07 Å². The highest BCUT2D eigenvalue weighted by Gasteiger charge is 2.31. The molecule has 3 N–H and O–H groups in total. The summed E-state index contributed by atoms with van der Waals surface area (Å²) < 4.78 is 28.5. The third kappa shape index (κ3) is 6.14. The summed E-state index contributed by atoms with van der Waals surface area (Å²) in [5.41, 5.74) is 2.32. The summed E-state index contributed by atoms with van der Waals surface area (Å²) >= 11 is 0. The van der Waals surface area contributed by atoms with Gasteiger partial charge in [0.1, 0.15) is 6.07 Å². The number of nitrogens with zero attached hydrogens (tertiary/aromatic N) is 1. The van der Waals surface area contributed by atoms with Gasteiger partial charge in [0.25, 0.3) is 0 Å². The summed E-state index contributed by atoms with van der Waals surface area (Å²) in [6.07, 6.45) is 0.369. The van der Waals surface area contributed by atoms with Crippen LogP contribution in [0.1, 0.15) is 29.0 Å². The van der Waals surface area contributed by atoms with Crippen LogP contribution in [0.4, 0.5) is 0 Å². The Balaban J connectivity index is 1.41. The van der Waals surface area contributed by atoms with E-state index in [0.29, 0.717) is 26.1 Å². The van der Waals surface area contributed by atoms with Crippen LogP contribution in [-0.2, 0) is 14.8 Å². The molecule has 180 valence electrons. The fourth-order valence-corrected chi connectivity index (χ4v) is 5.86. The lowest BCUT2D eigenvalue weighted by Crippen LogP contribution is -2.52. The van der Waals surface area contributed by atoms with Crippen LogP contribution in [0.25, 0.3) is 0 Å². The lowest BCUT2D eigenvalue weighted by Gasteiger charge is -2.30. The van der Waals surface area contributed by atoms with Crippen LogP contribution >= 0.6 is 0 Å². The average Bonchev–Trinajstić information content (AvgIpc) is 2.90. The summed E-state index contributed by atoms with van der Waals surface area (Å²) in [7, 11) is -3.89. The molecule has 2 atom stereocenters. The van der Waals surface area contributed by atoms with Gasteiger partial charge >= 0.3 is 0 Å². The number of hydrogen-bond donors (Lipinski definition) is 3. The second-order valence-corrected chi connectivity index (χ2v) is 10.3. The number of nitrogens with one attached hydrogen (secondary N) is 3. The van der Waals surface area contributed by atoms with Gasteiger partial charge < -0.3 is 10.6 Å². The van der Waals surface area contributed by atoms with E-state index in [1.807, 2.05) is 42.5 Å². The number of carbonyl (C=O) groups excluding carboxylic acids is 1. The lowest BCUT2D eigenvalue weighted by atomic mass is 9.90. The van der Waals surface area contributed by atoms with Gasteiger partial charge in [-0.05, 0) is 29.7 Å². The second kappa shape index (κ2) is 11.3. The van der Waals surface area contributed by atoms with E-state index in [9.17, 15) is 18.5 Å². The number of carbonyl (C=O) groups is 1. The third-order valence-electron chi connectivity index (χ3n) is 6.22. The molecule has 7 nitrogen and oxygen atoms in total. The minimum atomic E-state index is -3.89. The molecule has 0 aliphatic carbocycles. The Labute approximate surface area is 206 Å². The van der Waals surface area contributed by atoms with Crippen LogP contribution < -0.4 is 15.4 Å². The molecule has 1 saturated heterocycles. The van der Waals surface area contributed by atoms with Crippen molar-refractivity contribution in [2.45, 2.75) is 23.3 Å². The van der Waals surface area contributed by atoms with E-state index in [2.05, 4.69) is 39.6 Å². The maximum absolute atomic E-state index is 13.1. The number of piperidine rings is 1. The minimum absolute atomic E-state index is 0.00897.